The number of rotatable bonds is 5. The largest absolute Gasteiger partial charge is 0.381 e. The van der Waals surface area contributed by atoms with Crippen LogP contribution in [-0.2, 0) is 9.53 Å². The molecule has 19 heavy (non-hydrogen) atoms. The lowest BCUT2D eigenvalue weighted by molar-refractivity contribution is -0.137. The summed E-state index contributed by atoms with van der Waals surface area (Å²) in [7, 11) is 3.73. The number of likely N-dealkylation sites (tertiary alicyclic amines) is 1. The van der Waals surface area contributed by atoms with Crippen LogP contribution < -0.4 is 5.32 Å². The summed E-state index contributed by atoms with van der Waals surface area (Å²) in [6.45, 7) is 5.37. The number of carbonyl (C=O) groups is 1. The SMILES string of the molecule is CCC1(CC)[C@@H](OC)C[C@H]1N[C@@H]1CCC(=O)N(C)C1. The van der Waals surface area contributed by atoms with Gasteiger partial charge in [-0.1, -0.05) is 13.8 Å². The standard InChI is InChI=1S/C15H28N2O2/c1-5-15(6-2)12(9-13(15)19-4)16-11-7-8-14(18)17(3)10-11/h11-13,16H,5-10H2,1-4H3/t11-,12-,13+/m1/s1. The molecule has 0 aromatic rings. The second kappa shape index (κ2) is 5.80. The number of nitrogens with zero attached hydrogens (tertiary/aromatic N) is 1. The van der Waals surface area contributed by atoms with E-state index < -0.39 is 0 Å². The summed E-state index contributed by atoms with van der Waals surface area (Å²) in [6.07, 6.45) is 5.46. The van der Waals surface area contributed by atoms with Gasteiger partial charge in [-0.2, -0.15) is 0 Å². The summed E-state index contributed by atoms with van der Waals surface area (Å²) in [5.41, 5.74) is 0.286. The van der Waals surface area contributed by atoms with Crippen molar-refractivity contribution in [2.75, 3.05) is 20.7 Å². The zero-order valence-corrected chi connectivity index (χ0v) is 12.7. The number of amides is 1. The molecule has 0 unspecified atom stereocenters. The maximum atomic E-state index is 11.5. The molecule has 2 fully saturated rings. The first-order chi connectivity index (χ1) is 9.07. The Morgan fingerprint density at radius 2 is 2.11 bits per heavy atom. The van der Waals surface area contributed by atoms with Gasteiger partial charge in [0.2, 0.25) is 5.91 Å². The topological polar surface area (TPSA) is 41.6 Å². The van der Waals surface area contributed by atoms with Gasteiger partial charge in [-0.3, -0.25) is 4.79 Å². The van der Waals surface area contributed by atoms with Gasteiger partial charge in [0.05, 0.1) is 6.10 Å². The lowest BCUT2D eigenvalue weighted by atomic mass is 9.58. The van der Waals surface area contributed by atoms with E-state index in [1.54, 1.807) is 0 Å². The number of likely N-dealkylation sites (N-methyl/N-ethyl adjacent to an activating group) is 1. The lowest BCUT2D eigenvalue weighted by Gasteiger charge is -2.56. The minimum Gasteiger partial charge on any atom is -0.381 e. The Balaban J connectivity index is 1.94. The second-order valence-electron chi connectivity index (χ2n) is 6.13. The predicted octanol–water partition coefficient (Wildman–Crippen LogP) is 1.79. The Bertz CT molecular complexity index is 328. The average Bonchev–Trinajstić information content (AvgIpc) is 2.40. The van der Waals surface area contributed by atoms with Crippen molar-refractivity contribution in [3.63, 3.8) is 0 Å². The fourth-order valence-electron chi connectivity index (χ4n) is 3.94. The van der Waals surface area contributed by atoms with Crippen molar-refractivity contribution < 1.29 is 9.53 Å². The molecule has 2 rings (SSSR count). The smallest absolute Gasteiger partial charge is 0.222 e. The van der Waals surface area contributed by atoms with Gasteiger partial charge in [0.1, 0.15) is 0 Å². The van der Waals surface area contributed by atoms with E-state index in [-0.39, 0.29) is 11.3 Å². The van der Waals surface area contributed by atoms with Gasteiger partial charge >= 0.3 is 0 Å². The van der Waals surface area contributed by atoms with Crippen LogP contribution in [0.3, 0.4) is 0 Å². The van der Waals surface area contributed by atoms with Gasteiger partial charge < -0.3 is 15.0 Å². The fraction of sp³-hybridized carbons (Fsp3) is 0.933. The molecule has 110 valence electrons. The maximum Gasteiger partial charge on any atom is 0.222 e. The maximum absolute atomic E-state index is 11.5. The van der Waals surface area contributed by atoms with Crippen molar-refractivity contribution in [3.05, 3.63) is 0 Å². The van der Waals surface area contributed by atoms with Gasteiger partial charge in [0.15, 0.2) is 0 Å². The zero-order chi connectivity index (χ0) is 14.0. The molecule has 1 aliphatic carbocycles. The van der Waals surface area contributed by atoms with E-state index in [9.17, 15) is 4.79 Å². The molecular formula is C15H28N2O2. The van der Waals surface area contributed by atoms with Gasteiger partial charge in [0.25, 0.3) is 0 Å². The quantitative estimate of drug-likeness (QED) is 0.826. The second-order valence-corrected chi connectivity index (χ2v) is 6.13. The van der Waals surface area contributed by atoms with Crippen molar-refractivity contribution >= 4 is 5.91 Å². The molecule has 4 heteroatoms. The third kappa shape index (κ3) is 2.52. The van der Waals surface area contributed by atoms with Crippen molar-refractivity contribution in [1.29, 1.82) is 0 Å². The van der Waals surface area contributed by atoms with Gasteiger partial charge in [-0.15, -0.1) is 0 Å². The number of methoxy groups -OCH3 is 1. The highest BCUT2D eigenvalue weighted by molar-refractivity contribution is 5.76. The number of hydrogen-bond donors (Lipinski definition) is 1. The highest BCUT2D eigenvalue weighted by Crippen LogP contribution is 2.48. The summed E-state index contributed by atoms with van der Waals surface area (Å²) in [6, 6.07) is 0.988. The molecule has 1 saturated heterocycles. The average molecular weight is 268 g/mol. The third-order valence-corrected chi connectivity index (χ3v) is 5.45. The molecule has 1 saturated carbocycles. The number of hydrogen-bond acceptors (Lipinski definition) is 3. The molecule has 0 spiro atoms. The molecule has 1 N–H and O–H groups in total. The Hall–Kier alpha value is -0.610. The van der Waals surface area contributed by atoms with E-state index in [0.29, 0.717) is 24.6 Å². The van der Waals surface area contributed by atoms with Crippen molar-refractivity contribution in [2.45, 2.75) is 64.1 Å². The predicted molar refractivity (Wildman–Crippen MR) is 76.0 cm³/mol. The summed E-state index contributed by atoms with van der Waals surface area (Å²) >= 11 is 0. The molecule has 0 aromatic heterocycles. The van der Waals surface area contributed by atoms with Crippen LogP contribution in [0.4, 0.5) is 0 Å². The first kappa shape index (κ1) is 14.8. The van der Waals surface area contributed by atoms with Crippen molar-refractivity contribution in [1.82, 2.24) is 10.2 Å². The van der Waals surface area contributed by atoms with E-state index in [0.717, 1.165) is 32.2 Å². The Kier molecular flexibility index (Phi) is 4.51. The molecule has 0 aromatic carbocycles. The minimum absolute atomic E-state index is 0.277. The first-order valence-electron chi connectivity index (χ1n) is 7.60. The van der Waals surface area contributed by atoms with Crippen LogP contribution in [0.25, 0.3) is 0 Å². The first-order valence-corrected chi connectivity index (χ1v) is 7.60. The normalized spacial score (nSPS) is 34.2. The number of ether oxygens (including phenoxy) is 1. The van der Waals surface area contributed by atoms with Gasteiger partial charge in [-0.25, -0.2) is 0 Å². The fourth-order valence-corrected chi connectivity index (χ4v) is 3.94. The van der Waals surface area contributed by atoms with Crippen LogP contribution in [-0.4, -0.2) is 49.7 Å². The van der Waals surface area contributed by atoms with Crippen LogP contribution in [0, 0.1) is 5.41 Å². The molecule has 1 aliphatic heterocycles. The summed E-state index contributed by atoms with van der Waals surface area (Å²) in [5, 5.41) is 3.79. The van der Waals surface area contributed by atoms with E-state index >= 15 is 0 Å². The monoisotopic (exact) mass is 268 g/mol. The minimum atomic E-state index is 0.277. The highest BCUT2D eigenvalue weighted by Gasteiger charge is 2.53. The van der Waals surface area contributed by atoms with Crippen LogP contribution >= 0.6 is 0 Å². The van der Waals surface area contributed by atoms with E-state index in [1.807, 2.05) is 19.1 Å². The van der Waals surface area contributed by atoms with Crippen LogP contribution in [0.2, 0.25) is 0 Å². The molecule has 3 atom stereocenters. The van der Waals surface area contributed by atoms with Crippen LogP contribution in [0.5, 0.6) is 0 Å². The number of carbonyl (C=O) groups excluding carboxylic acids is 1. The molecule has 4 nitrogen and oxygen atoms in total. The molecule has 1 heterocycles. The zero-order valence-electron chi connectivity index (χ0n) is 12.7. The van der Waals surface area contributed by atoms with Crippen molar-refractivity contribution in [2.24, 2.45) is 5.41 Å². The number of piperidine rings is 1. The van der Waals surface area contributed by atoms with E-state index in [1.165, 1.54) is 0 Å². The molecule has 0 bridgehead atoms. The number of nitrogens with one attached hydrogen (secondary N) is 1. The van der Waals surface area contributed by atoms with Gasteiger partial charge in [-0.05, 0) is 25.7 Å². The summed E-state index contributed by atoms with van der Waals surface area (Å²) in [5.74, 6) is 0.277. The Morgan fingerprint density at radius 1 is 1.42 bits per heavy atom. The molecule has 0 radical (unpaired) electrons. The molecular weight excluding hydrogens is 240 g/mol. The third-order valence-electron chi connectivity index (χ3n) is 5.45. The van der Waals surface area contributed by atoms with Crippen molar-refractivity contribution in [3.8, 4) is 0 Å². The van der Waals surface area contributed by atoms with Crippen LogP contribution in [0.1, 0.15) is 46.0 Å². The summed E-state index contributed by atoms with van der Waals surface area (Å²) in [4.78, 5) is 13.4. The molecule has 1 amide bonds. The van der Waals surface area contributed by atoms with E-state index in [4.69, 9.17) is 4.74 Å². The molecule has 2 aliphatic rings. The van der Waals surface area contributed by atoms with Gasteiger partial charge in [0, 0.05) is 44.6 Å². The lowest BCUT2D eigenvalue weighted by Crippen LogP contribution is -2.66. The highest BCUT2D eigenvalue weighted by atomic mass is 16.5. The van der Waals surface area contributed by atoms with Crippen LogP contribution in [0.15, 0.2) is 0 Å². The summed E-state index contributed by atoms with van der Waals surface area (Å²) < 4.78 is 5.64. The Morgan fingerprint density at radius 3 is 2.63 bits per heavy atom. The van der Waals surface area contributed by atoms with E-state index in [2.05, 4.69) is 19.2 Å². The Labute approximate surface area is 116 Å².